The van der Waals surface area contributed by atoms with Crippen molar-refractivity contribution in [1.82, 2.24) is 0 Å². The zero-order chi connectivity index (χ0) is 11.2. The first-order valence-corrected chi connectivity index (χ1v) is 5.18. The monoisotopic (exact) mass is 225 g/mol. The van der Waals surface area contributed by atoms with Crippen molar-refractivity contribution >= 4 is 23.2 Å². The second kappa shape index (κ2) is 3.51. The number of aliphatic hydroxyl groups is 1. The maximum atomic E-state index is 11.2. The Balaban J connectivity index is 2.62. The molecule has 0 aliphatic carbocycles. The molecular formula is C11H12ClNO2. The Morgan fingerprint density at radius 3 is 2.87 bits per heavy atom. The summed E-state index contributed by atoms with van der Waals surface area (Å²) in [6.45, 7) is 3.51. The first kappa shape index (κ1) is 10.5. The van der Waals surface area contributed by atoms with Crippen LogP contribution in [0.25, 0.3) is 0 Å². The molecule has 1 aliphatic rings. The van der Waals surface area contributed by atoms with Gasteiger partial charge in [0.15, 0.2) is 0 Å². The van der Waals surface area contributed by atoms with Crippen LogP contribution >= 0.6 is 11.6 Å². The molecule has 0 radical (unpaired) electrons. The first-order valence-electron chi connectivity index (χ1n) is 4.80. The van der Waals surface area contributed by atoms with E-state index in [4.69, 9.17) is 11.6 Å². The standard InChI is InChI=1S/C11H12ClNO2/c1-5-10(12)8(6(2)14)3-7-4-9(15)13-11(5)7/h3,6,14H,4H2,1-2H3,(H,13,15). The van der Waals surface area contributed by atoms with Gasteiger partial charge < -0.3 is 10.4 Å². The molecule has 1 aliphatic heterocycles. The number of hydrogen-bond donors (Lipinski definition) is 2. The number of halogens is 1. The molecule has 4 heteroatoms. The summed E-state index contributed by atoms with van der Waals surface area (Å²) in [7, 11) is 0. The van der Waals surface area contributed by atoms with E-state index in [-0.39, 0.29) is 5.91 Å². The third kappa shape index (κ3) is 1.62. The SMILES string of the molecule is Cc1c(Cl)c(C(C)O)cc2c1NC(=O)C2. The number of carbonyl (C=O) groups excluding carboxylic acids is 1. The molecule has 2 rings (SSSR count). The van der Waals surface area contributed by atoms with E-state index in [1.807, 2.05) is 6.92 Å². The van der Waals surface area contributed by atoms with Crippen LogP contribution in [0.2, 0.25) is 5.02 Å². The maximum absolute atomic E-state index is 11.2. The molecule has 0 saturated heterocycles. The van der Waals surface area contributed by atoms with Gasteiger partial charge in [-0.15, -0.1) is 0 Å². The lowest BCUT2D eigenvalue weighted by molar-refractivity contribution is -0.115. The molecule has 0 spiro atoms. The van der Waals surface area contributed by atoms with E-state index in [9.17, 15) is 9.90 Å². The van der Waals surface area contributed by atoms with E-state index in [2.05, 4.69) is 5.32 Å². The Labute approximate surface area is 93.1 Å². The molecule has 0 fully saturated rings. The van der Waals surface area contributed by atoms with Gasteiger partial charge in [0.2, 0.25) is 5.91 Å². The fourth-order valence-electron chi connectivity index (χ4n) is 1.86. The zero-order valence-corrected chi connectivity index (χ0v) is 9.35. The highest BCUT2D eigenvalue weighted by Crippen LogP contribution is 2.36. The van der Waals surface area contributed by atoms with Gasteiger partial charge >= 0.3 is 0 Å². The molecule has 1 heterocycles. The van der Waals surface area contributed by atoms with Crippen LogP contribution in [-0.4, -0.2) is 11.0 Å². The fourth-order valence-corrected chi connectivity index (χ4v) is 2.17. The van der Waals surface area contributed by atoms with Gasteiger partial charge in [0.05, 0.1) is 17.5 Å². The molecule has 1 unspecified atom stereocenters. The van der Waals surface area contributed by atoms with Crippen LogP contribution in [0.3, 0.4) is 0 Å². The quantitative estimate of drug-likeness (QED) is 0.770. The Morgan fingerprint density at radius 2 is 2.27 bits per heavy atom. The molecule has 1 aromatic carbocycles. The van der Waals surface area contributed by atoms with Crippen LogP contribution in [0, 0.1) is 6.92 Å². The maximum Gasteiger partial charge on any atom is 0.228 e. The summed E-state index contributed by atoms with van der Waals surface area (Å²) >= 11 is 6.11. The number of benzene rings is 1. The van der Waals surface area contributed by atoms with Gasteiger partial charge in [-0.1, -0.05) is 11.6 Å². The van der Waals surface area contributed by atoms with E-state index in [0.29, 0.717) is 17.0 Å². The lowest BCUT2D eigenvalue weighted by atomic mass is 10.0. The number of aliphatic hydroxyl groups excluding tert-OH is 1. The molecule has 80 valence electrons. The lowest BCUT2D eigenvalue weighted by Crippen LogP contribution is -2.04. The number of hydrogen-bond acceptors (Lipinski definition) is 2. The van der Waals surface area contributed by atoms with E-state index < -0.39 is 6.10 Å². The van der Waals surface area contributed by atoms with Crippen molar-refractivity contribution in [3.63, 3.8) is 0 Å². The molecule has 0 saturated carbocycles. The summed E-state index contributed by atoms with van der Waals surface area (Å²) < 4.78 is 0. The van der Waals surface area contributed by atoms with Gasteiger partial charge in [-0.25, -0.2) is 0 Å². The van der Waals surface area contributed by atoms with Crippen molar-refractivity contribution in [3.8, 4) is 0 Å². The van der Waals surface area contributed by atoms with Gasteiger partial charge in [-0.2, -0.15) is 0 Å². The first-order chi connectivity index (χ1) is 7.00. The Bertz CT molecular complexity index is 441. The second-order valence-electron chi connectivity index (χ2n) is 3.84. The minimum Gasteiger partial charge on any atom is -0.389 e. The van der Waals surface area contributed by atoms with Crippen LogP contribution in [0.4, 0.5) is 5.69 Å². The second-order valence-corrected chi connectivity index (χ2v) is 4.22. The summed E-state index contributed by atoms with van der Waals surface area (Å²) in [4.78, 5) is 11.2. The Kier molecular flexibility index (Phi) is 2.44. The molecule has 2 N–H and O–H groups in total. The van der Waals surface area contributed by atoms with Gasteiger partial charge in [0.25, 0.3) is 0 Å². The van der Waals surface area contributed by atoms with Crippen molar-refractivity contribution in [2.45, 2.75) is 26.4 Å². The average molecular weight is 226 g/mol. The Hall–Kier alpha value is -1.06. The van der Waals surface area contributed by atoms with Crippen molar-refractivity contribution in [2.75, 3.05) is 5.32 Å². The number of rotatable bonds is 1. The molecule has 1 atom stereocenters. The largest absolute Gasteiger partial charge is 0.389 e. The summed E-state index contributed by atoms with van der Waals surface area (Å²) in [5, 5.41) is 12.8. The normalized spacial score (nSPS) is 16.1. The number of anilines is 1. The highest BCUT2D eigenvalue weighted by Gasteiger charge is 2.23. The van der Waals surface area contributed by atoms with Gasteiger partial charge in [-0.3, -0.25) is 4.79 Å². The van der Waals surface area contributed by atoms with Gasteiger partial charge in [0.1, 0.15) is 0 Å². The predicted molar refractivity (Wildman–Crippen MR) is 59.2 cm³/mol. The van der Waals surface area contributed by atoms with E-state index in [0.717, 1.165) is 16.8 Å². The summed E-state index contributed by atoms with van der Waals surface area (Å²) in [5.41, 5.74) is 3.23. The van der Waals surface area contributed by atoms with Crippen molar-refractivity contribution in [1.29, 1.82) is 0 Å². The van der Waals surface area contributed by atoms with Crippen LogP contribution < -0.4 is 5.32 Å². The number of nitrogens with one attached hydrogen (secondary N) is 1. The van der Waals surface area contributed by atoms with Crippen molar-refractivity contribution in [3.05, 3.63) is 27.8 Å². The molecule has 3 nitrogen and oxygen atoms in total. The average Bonchev–Trinajstić information content (AvgIpc) is 2.52. The highest BCUT2D eigenvalue weighted by molar-refractivity contribution is 6.33. The zero-order valence-electron chi connectivity index (χ0n) is 8.60. The molecule has 1 amide bonds. The highest BCUT2D eigenvalue weighted by atomic mass is 35.5. The van der Waals surface area contributed by atoms with Gasteiger partial charge in [-0.05, 0) is 36.6 Å². The topological polar surface area (TPSA) is 49.3 Å². The summed E-state index contributed by atoms with van der Waals surface area (Å²) in [6.07, 6.45) is -0.246. The minimum absolute atomic E-state index is 0.0214. The van der Waals surface area contributed by atoms with Crippen LogP contribution in [0.15, 0.2) is 6.07 Å². The smallest absolute Gasteiger partial charge is 0.228 e. The lowest BCUT2D eigenvalue weighted by Gasteiger charge is -2.13. The third-order valence-corrected chi connectivity index (χ3v) is 3.18. The Morgan fingerprint density at radius 1 is 1.60 bits per heavy atom. The predicted octanol–water partition coefficient (Wildman–Crippen LogP) is 2.20. The van der Waals surface area contributed by atoms with Gasteiger partial charge in [0, 0.05) is 5.69 Å². The molecule has 15 heavy (non-hydrogen) atoms. The van der Waals surface area contributed by atoms with E-state index in [1.165, 1.54) is 0 Å². The third-order valence-electron chi connectivity index (χ3n) is 2.67. The number of carbonyl (C=O) groups is 1. The molecule has 0 bridgehead atoms. The van der Waals surface area contributed by atoms with Crippen LogP contribution in [0.5, 0.6) is 0 Å². The van der Waals surface area contributed by atoms with Crippen molar-refractivity contribution < 1.29 is 9.90 Å². The minimum atomic E-state index is -0.614. The van der Waals surface area contributed by atoms with Crippen LogP contribution in [-0.2, 0) is 11.2 Å². The van der Waals surface area contributed by atoms with E-state index in [1.54, 1.807) is 13.0 Å². The molecular weight excluding hydrogens is 214 g/mol. The fraction of sp³-hybridized carbons (Fsp3) is 0.364. The van der Waals surface area contributed by atoms with E-state index >= 15 is 0 Å². The molecule has 1 aromatic rings. The number of fused-ring (bicyclic) bond motifs is 1. The van der Waals surface area contributed by atoms with Crippen molar-refractivity contribution in [2.24, 2.45) is 0 Å². The molecule has 0 aromatic heterocycles. The summed E-state index contributed by atoms with van der Waals surface area (Å²) in [5.74, 6) is -0.0214. The summed E-state index contributed by atoms with van der Waals surface area (Å²) in [6, 6.07) is 1.80. The van der Waals surface area contributed by atoms with Crippen LogP contribution in [0.1, 0.15) is 29.7 Å². The number of amides is 1.